The van der Waals surface area contributed by atoms with Gasteiger partial charge in [-0.05, 0) is 17.7 Å². The molecule has 0 unspecified atom stereocenters. The van der Waals surface area contributed by atoms with E-state index in [2.05, 4.69) is 52.0 Å². The predicted molar refractivity (Wildman–Crippen MR) is 131 cm³/mol. The second-order valence-electron chi connectivity index (χ2n) is 7.81. The highest BCUT2D eigenvalue weighted by Gasteiger charge is 2.21. The van der Waals surface area contributed by atoms with Gasteiger partial charge < -0.3 is 14.2 Å². The van der Waals surface area contributed by atoms with Crippen LogP contribution in [0.1, 0.15) is 5.56 Å². The van der Waals surface area contributed by atoms with Crippen LogP contribution in [0.3, 0.4) is 0 Å². The quantitative estimate of drug-likeness (QED) is 0.466. The molecule has 1 saturated heterocycles. The van der Waals surface area contributed by atoms with E-state index in [1.165, 1.54) is 17.3 Å². The van der Waals surface area contributed by atoms with Crippen LogP contribution in [-0.2, 0) is 16.1 Å². The third kappa shape index (κ3) is 5.79. The number of ether oxygens (including phenoxy) is 1. The van der Waals surface area contributed by atoms with Gasteiger partial charge in [0, 0.05) is 46.4 Å². The first-order valence-electron chi connectivity index (χ1n) is 11.0. The standard InChI is InChI=1S/C25H30N4O2S/c1-31-19-18-29-23-12-6-5-11-22(23)26-25(29)32-20-24(30)28-16-14-27(15-17-28)13-7-10-21-8-3-2-4-9-21/h2-12H,13-20H2,1H3. The van der Waals surface area contributed by atoms with E-state index in [0.717, 1.165) is 55.5 Å². The number of fused-ring (bicyclic) bond motifs is 1. The van der Waals surface area contributed by atoms with Gasteiger partial charge >= 0.3 is 0 Å². The van der Waals surface area contributed by atoms with Gasteiger partial charge in [0.05, 0.1) is 23.4 Å². The Labute approximate surface area is 193 Å². The minimum atomic E-state index is 0.180. The third-order valence-electron chi connectivity index (χ3n) is 5.66. The number of aromatic nitrogens is 2. The lowest BCUT2D eigenvalue weighted by atomic mass is 10.2. The highest BCUT2D eigenvalue weighted by atomic mass is 32.2. The van der Waals surface area contributed by atoms with Crippen molar-refractivity contribution in [2.24, 2.45) is 0 Å². The SMILES string of the molecule is COCCn1c(SCC(=O)N2CCN(CC=Cc3ccccc3)CC2)nc2ccccc21. The first-order valence-corrected chi connectivity index (χ1v) is 12.0. The Morgan fingerprint density at radius 2 is 1.81 bits per heavy atom. The molecule has 32 heavy (non-hydrogen) atoms. The van der Waals surface area contributed by atoms with Crippen LogP contribution in [0.5, 0.6) is 0 Å². The third-order valence-corrected chi connectivity index (χ3v) is 6.62. The number of carbonyl (C=O) groups is 1. The second kappa shape index (κ2) is 11.3. The summed E-state index contributed by atoms with van der Waals surface area (Å²) in [6, 6.07) is 18.4. The molecule has 1 fully saturated rings. The average Bonchev–Trinajstić information content (AvgIpc) is 3.19. The predicted octanol–water partition coefficient (Wildman–Crippen LogP) is 3.63. The number of rotatable bonds is 9. The molecule has 1 aliphatic heterocycles. The Hall–Kier alpha value is -2.61. The summed E-state index contributed by atoms with van der Waals surface area (Å²) in [5, 5.41) is 0.876. The van der Waals surface area contributed by atoms with Crippen LogP contribution in [0.15, 0.2) is 65.8 Å². The first-order chi connectivity index (χ1) is 15.7. The van der Waals surface area contributed by atoms with Crippen molar-refractivity contribution in [2.45, 2.75) is 11.7 Å². The topological polar surface area (TPSA) is 50.6 Å². The summed E-state index contributed by atoms with van der Waals surface area (Å²) >= 11 is 1.52. The summed E-state index contributed by atoms with van der Waals surface area (Å²) in [5.74, 6) is 0.587. The number of thioether (sulfide) groups is 1. The Kier molecular flexibility index (Phi) is 7.98. The first kappa shape index (κ1) is 22.6. The number of amides is 1. The molecular formula is C25H30N4O2S. The second-order valence-corrected chi connectivity index (χ2v) is 8.75. The van der Waals surface area contributed by atoms with Crippen LogP contribution >= 0.6 is 11.8 Å². The number of nitrogens with zero attached hydrogens (tertiary/aromatic N) is 4. The zero-order valence-corrected chi connectivity index (χ0v) is 19.3. The van der Waals surface area contributed by atoms with Crippen molar-refractivity contribution in [3.05, 3.63) is 66.2 Å². The number of benzene rings is 2. The molecule has 1 amide bonds. The van der Waals surface area contributed by atoms with Crippen molar-refractivity contribution >= 4 is 34.8 Å². The molecule has 0 aliphatic carbocycles. The van der Waals surface area contributed by atoms with Crippen LogP contribution < -0.4 is 0 Å². The zero-order chi connectivity index (χ0) is 22.2. The average molecular weight is 451 g/mol. The maximum absolute atomic E-state index is 12.8. The van der Waals surface area contributed by atoms with E-state index in [4.69, 9.17) is 9.72 Å². The van der Waals surface area contributed by atoms with E-state index in [9.17, 15) is 4.79 Å². The van der Waals surface area contributed by atoms with Gasteiger partial charge in [0.2, 0.25) is 5.91 Å². The number of hydrogen-bond donors (Lipinski definition) is 0. The van der Waals surface area contributed by atoms with E-state index < -0.39 is 0 Å². The molecule has 0 atom stereocenters. The Morgan fingerprint density at radius 3 is 2.59 bits per heavy atom. The van der Waals surface area contributed by atoms with Crippen LogP contribution in [0.2, 0.25) is 0 Å². The van der Waals surface area contributed by atoms with Gasteiger partial charge in [0.25, 0.3) is 0 Å². The number of imidazole rings is 1. The minimum absolute atomic E-state index is 0.180. The van der Waals surface area contributed by atoms with Gasteiger partial charge in [-0.25, -0.2) is 4.98 Å². The smallest absolute Gasteiger partial charge is 0.233 e. The minimum Gasteiger partial charge on any atom is -0.383 e. The van der Waals surface area contributed by atoms with Crippen LogP contribution in [0, 0.1) is 0 Å². The van der Waals surface area contributed by atoms with E-state index in [1.54, 1.807) is 7.11 Å². The number of carbonyl (C=O) groups excluding carboxylic acids is 1. The maximum atomic E-state index is 12.8. The monoisotopic (exact) mass is 450 g/mol. The van der Waals surface area contributed by atoms with Gasteiger partial charge in [0.15, 0.2) is 5.16 Å². The molecule has 6 nitrogen and oxygen atoms in total. The molecule has 0 N–H and O–H groups in total. The van der Waals surface area contributed by atoms with Crippen molar-refractivity contribution < 1.29 is 9.53 Å². The molecule has 168 valence electrons. The molecule has 1 aromatic heterocycles. The molecule has 3 aromatic rings. The van der Waals surface area contributed by atoms with Crippen LogP contribution in [-0.4, -0.2) is 77.5 Å². The van der Waals surface area contributed by atoms with Crippen LogP contribution in [0.4, 0.5) is 0 Å². The van der Waals surface area contributed by atoms with Gasteiger partial charge in [-0.3, -0.25) is 9.69 Å². The number of piperazine rings is 1. The molecule has 0 radical (unpaired) electrons. The molecule has 2 aromatic carbocycles. The summed E-state index contributed by atoms with van der Waals surface area (Å²) in [6.45, 7) is 5.61. The van der Waals surface area contributed by atoms with Gasteiger partial charge in [-0.1, -0.05) is 66.4 Å². The Balaban J connectivity index is 1.27. The lowest BCUT2D eigenvalue weighted by Crippen LogP contribution is -2.49. The fourth-order valence-electron chi connectivity index (χ4n) is 3.86. The largest absolute Gasteiger partial charge is 0.383 e. The summed E-state index contributed by atoms with van der Waals surface area (Å²) in [4.78, 5) is 21.9. The summed E-state index contributed by atoms with van der Waals surface area (Å²) in [7, 11) is 1.70. The van der Waals surface area contributed by atoms with E-state index in [-0.39, 0.29) is 5.91 Å². The molecule has 1 aliphatic rings. The summed E-state index contributed by atoms with van der Waals surface area (Å²) in [6.07, 6.45) is 4.36. The Bertz CT molecular complexity index is 1040. The molecule has 0 bridgehead atoms. The molecule has 7 heteroatoms. The van der Waals surface area contributed by atoms with E-state index in [1.807, 2.05) is 29.2 Å². The van der Waals surface area contributed by atoms with E-state index in [0.29, 0.717) is 12.4 Å². The lowest BCUT2D eigenvalue weighted by Gasteiger charge is -2.34. The molecule has 0 saturated carbocycles. The van der Waals surface area contributed by atoms with Crippen molar-refractivity contribution in [2.75, 3.05) is 52.2 Å². The van der Waals surface area contributed by atoms with Crippen molar-refractivity contribution in [1.82, 2.24) is 19.4 Å². The molecule has 2 heterocycles. The fraction of sp³-hybridized carbons (Fsp3) is 0.360. The highest BCUT2D eigenvalue weighted by Crippen LogP contribution is 2.24. The van der Waals surface area contributed by atoms with Crippen molar-refractivity contribution in [3.63, 3.8) is 0 Å². The maximum Gasteiger partial charge on any atom is 0.233 e. The number of methoxy groups -OCH3 is 1. The van der Waals surface area contributed by atoms with Gasteiger partial charge in [0.1, 0.15) is 0 Å². The zero-order valence-electron chi connectivity index (χ0n) is 18.5. The van der Waals surface area contributed by atoms with Crippen LogP contribution in [0.25, 0.3) is 17.1 Å². The number of para-hydroxylation sites is 2. The fourth-order valence-corrected chi connectivity index (χ4v) is 4.81. The summed E-state index contributed by atoms with van der Waals surface area (Å²) in [5.41, 5.74) is 3.25. The number of hydrogen-bond acceptors (Lipinski definition) is 5. The van der Waals surface area contributed by atoms with Gasteiger partial charge in [-0.2, -0.15) is 0 Å². The lowest BCUT2D eigenvalue weighted by molar-refractivity contribution is -0.130. The van der Waals surface area contributed by atoms with Crippen molar-refractivity contribution in [1.29, 1.82) is 0 Å². The van der Waals surface area contributed by atoms with Gasteiger partial charge in [-0.15, -0.1) is 0 Å². The summed E-state index contributed by atoms with van der Waals surface area (Å²) < 4.78 is 7.41. The van der Waals surface area contributed by atoms with Crippen molar-refractivity contribution in [3.8, 4) is 0 Å². The highest BCUT2D eigenvalue weighted by molar-refractivity contribution is 7.99. The molecule has 0 spiro atoms. The molecule has 4 rings (SSSR count). The normalized spacial score (nSPS) is 15.1. The van der Waals surface area contributed by atoms with E-state index >= 15 is 0 Å². The Morgan fingerprint density at radius 1 is 1.06 bits per heavy atom. The molecular weight excluding hydrogens is 420 g/mol.